The van der Waals surface area contributed by atoms with Gasteiger partial charge in [-0.3, -0.25) is 9.59 Å². The highest BCUT2D eigenvalue weighted by Gasteiger charge is 2.35. The van der Waals surface area contributed by atoms with E-state index < -0.39 is 0 Å². The van der Waals surface area contributed by atoms with E-state index in [-0.39, 0.29) is 36.4 Å². The molecule has 0 unspecified atom stereocenters. The van der Waals surface area contributed by atoms with Crippen molar-refractivity contribution in [3.63, 3.8) is 0 Å². The molecule has 1 aliphatic rings. The highest BCUT2D eigenvalue weighted by atomic mass is 32.1. The van der Waals surface area contributed by atoms with Crippen LogP contribution in [0.5, 0.6) is 5.75 Å². The first-order valence-electron chi connectivity index (χ1n) is 10.7. The summed E-state index contributed by atoms with van der Waals surface area (Å²) in [5.74, 6) is 0.700. The fourth-order valence-electron chi connectivity index (χ4n) is 3.97. The molecule has 0 saturated heterocycles. The second-order valence-electron chi connectivity index (χ2n) is 8.19. The van der Waals surface area contributed by atoms with Gasteiger partial charge in [0.25, 0.3) is 0 Å². The Kier molecular flexibility index (Phi) is 7.19. The van der Waals surface area contributed by atoms with Gasteiger partial charge in [-0.15, -0.1) is 11.3 Å². The molecule has 2 heterocycles. The molecule has 0 aliphatic carbocycles. The van der Waals surface area contributed by atoms with E-state index in [1.54, 1.807) is 23.3 Å². The fourth-order valence-corrected chi connectivity index (χ4v) is 4.87. The number of fused-ring (bicyclic) bond motifs is 1. The molecule has 0 bridgehead atoms. The van der Waals surface area contributed by atoms with Crippen molar-refractivity contribution in [1.29, 1.82) is 0 Å². The summed E-state index contributed by atoms with van der Waals surface area (Å²) in [4.78, 5) is 31.3. The Bertz CT molecular complexity index is 875. The number of methoxy groups -OCH3 is 1. The van der Waals surface area contributed by atoms with E-state index in [2.05, 4.69) is 18.4 Å². The van der Waals surface area contributed by atoms with E-state index in [1.807, 2.05) is 49.9 Å². The van der Waals surface area contributed by atoms with Crippen LogP contribution >= 0.6 is 11.3 Å². The van der Waals surface area contributed by atoms with Crippen molar-refractivity contribution >= 4 is 23.2 Å². The largest absolute Gasteiger partial charge is 0.497 e. The number of amides is 2. The van der Waals surface area contributed by atoms with Crippen LogP contribution in [0, 0.1) is 5.92 Å². The number of ether oxygens (including phenoxy) is 1. The van der Waals surface area contributed by atoms with Crippen molar-refractivity contribution in [2.24, 2.45) is 5.92 Å². The van der Waals surface area contributed by atoms with Gasteiger partial charge in [0, 0.05) is 23.4 Å². The maximum Gasteiger partial charge on any atom is 0.243 e. The highest BCUT2D eigenvalue weighted by Crippen LogP contribution is 2.38. The van der Waals surface area contributed by atoms with Crippen molar-refractivity contribution in [1.82, 2.24) is 9.80 Å². The summed E-state index contributed by atoms with van der Waals surface area (Å²) in [6, 6.07) is 9.96. The minimum atomic E-state index is -0.133. The number of carbonyl (C=O) groups excluding carboxylic acids is 2. The maximum atomic E-state index is 13.5. The lowest BCUT2D eigenvalue weighted by Gasteiger charge is -2.39. The van der Waals surface area contributed by atoms with Gasteiger partial charge in [-0.05, 0) is 54.5 Å². The van der Waals surface area contributed by atoms with Crippen LogP contribution in [0.4, 0.5) is 0 Å². The number of benzene rings is 1. The molecule has 0 fully saturated rings. The zero-order valence-corrected chi connectivity index (χ0v) is 19.4. The van der Waals surface area contributed by atoms with Crippen LogP contribution in [-0.4, -0.2) is 47.9 Å². The van der Waals surface area contributed by atoms with Gasteiger partial charge < -0.3 is 14.5 Å². The Hall–Kier alpha value is -2.34. The summed E-state index contributed by atoms with van der Waals surface area (Å²) in [5.41, 5.74) is 2.25. The van der Waals surface area contributed by atoms with Crippen molar-refractivity contribution < 1.29 is 14.3 Å². The Morgan fingerprint density at radius 2 is 1.90 bits per heavy atom. The molecule has 162 valence electrons. The second-order valence-corrected chi connectivity index (χ2v) is 9.19. The van der Waals surface area contributed by atoms with Gasteiger partial charge in [-0.1, -0.05) is 32.9 Å². The van der Waals surface area contributed by atoms with Crippen LogP contribution in [0.15, 0.2) is 35.7 Å². The molecule has 1 aliphatic heterocycles. The quantitative estimate of drug-likeness (QED) is 0.652. The lowest BCUT2D eigenvalue weighted by atomic mass is 9.93. The first kappa shape index (κ1) is 22.3. The molecule has 2 amide bonds. The van der Waals surface area contributed by atoms with Gasteiger partial charge >= 0.3 is 0 Å². The minimum absolute atomic E-state index is 0.00182. The van der Waals surface area contributed by atoms with E-state index in [9.17, 15) is 9.59 Å². The SMILES string of the molecule is CC[C@@H](C)N(CC(=O)N1CCc2sccc2[C@H]1c1ccc(OC)cc1)C(=O)C(C)C. The third-order valence-corrected chi connectivity index (χ3v) is 6.92. The fraction of sp³-hybridized carbons (Fsp3) is 0.500. The molecule has 5 nitrogen and oxygen atoms in total. The molecule has 0 spiro atoms. The number of nitrogens with zero attached hydrogens (tertiary/aromatic N) is 2. The van der Waals surface area contributed by atoms with Crippen LogP contribution in [0.1, 0.15) is 56.2 Å². The average molecular weight is 429 g/mol. The van der Waals surface area contributed by atoms with Crippen molar-refractivity contribution in [2.75, 3.05) is 20.2 Å². The number of rotatable bonds is 7. The third-order valence-electron chi connectivity index (χ3n) is 5.92. The monoisotopic (exact) mass is 428 g/mol. The zero-order chi connectivity index (χ0) is 21.8. The summed E-state index contributed by atoms with van der Waals surface area (Å²) in [6.07, 6.45) is 1.68. The molecular formula is C24H32N2O3S. The number of carbonyl (C=O) groups is 2. The van der Waals surface area contributed by atoms with Gasteiger partial charge in [-0.25, -0.2) is 0 Å². The Balaban J connectivity index is 1.91. The van der Waals surface area contributed by atoms with E-state index in [4.69, 9.17) is 4.74 Å². The molecule has 6 heteroatoms. The number of hydrogen-bond acceptors (Lipinski definition) is 4. The minimum Gasteiger partial charge on any atom is -0.497 e. The standard InChI is InChI=1S/C24H32N2O3S/c1-6-17(4)26(24(28)16(2)3)15-22(27)25-13-11-21-20(12-14-30-21)23(25)18-7-9-19(29-5)10-8-18/h7-10,12,14,16-17,23H,6,11,13,15H2,1-5H3/t17-,23-/m1/s1. The predicted octanol–water partition coefficient (Wildman–Crippen LogP) is 4.51. The van der Waals surface area contributed by atoms with Gasteiger partial charge in [0.15, 0.2) is 0 Å². The Morgan fingerprint density at radius 3 is 2.50 bits per heavy atom. The molecule has 0 saturated carbocycles. The summed E-state index contributed by atoms with van der Waals surface area (Å²) in [7, 11) is 1.65. The van der Waals surface area contributed by atoms with E-state index in [0.29, 0.717) is 6.54 Å². The molecule has 0 N–H and O–H groups in total. The highest BCUT2D eigenvalue weighted by molar-refractivity contribution is 7.10. The molecular weight excluding hydrogens is 396 g/mol. The molecule has 0 radical (unpaired) electrons. The van der Waals surface area contributed by atoms with Gasteiger partial charge in [-0.2, -0.15) is 0 Å². The molecule has 2 aromatic rings. The number of hydrogen-bond donors (Lipinski definition) is 0. The third kappa shape index (κ3) is 4.53. The van der Waals surface area contributed by atoms with E-state index in [1.165, 1.54) is 10.4 Å². The number of thiophene rings is 1. The van der Waals surface area contributed by atoms with Gasteiger partial charge in [0.2, 0.25) is 11.8 Å². The average Bonchev–Trinajstić information content (AvgIpc) is 3.24. The smallest absolute Gasteiger partial charge is 0.243 e. The molecule has 3 rings (SSSR count). The van der Waals surface area contributed by atoms with E-state index >= 15 is 0 Å². The summed E-state index contributed by atoms with van der Waals surface area (Å²) in [6.45, 7) is 8.63. The normalized spacial score (nSPS) is 16.9. The predicted molar refractivity (Wildman–Crippen MR) is 121 cm³/mol. The first-order chi connectivity index (χ1) is 14.4. The molecule has 1 aromatic carbocycles. The zero-order valence-electron chi connectivity index (χ0n) is 18.6. The second kappa shape index (κ2) is 9.65. The summed E-state index contributed by atoms with van der Waals surface area (Å²) >= 11 is 1.75. The van der Waals surface area contributed by atoms with Crippen LogP contribution < -0.4 is 4.74 Å². The van der Waals surface area contributed by atoms with Crippen LogP contribution in [0.2, 0.25) is 0 Å². The Morgan fingerprint density at radius 1 is 1.20 bits per heavy atom. The topological polar surface area (TPSA) is 49.9 Å². The van der Waals surface area contributed by atoms with Crippen LogP contribution in [-0.2, 0) is 16.0 Å². The maximum absolute atomic E-state index is 13.5. The van der Waals surface area contributed by atoms with Crippen LogP contribution in [0.3, 0.4) is 0 Å². The van der Waals surface area contributed by atoms with Crippen molar-refractivity contribution in [2.45, 2.75) is 52.6 Å². The molecule has 2 atom stereocenters. The Labute approximate surface area is 183 Å². The summed E-state index contributed by atoms with van der Waals surface area (Å²) < 4.78 is 5.30. The lowest BCUT2D eigenvalue weighted by molar-refractivity contribution is -0.145. The van der Waals surface area contributed by atoms with E-state index in [0.717, 1.165) is 24.2 Å². The molecule has 1 aromatic heterocycles. The van der Waals surface area contributed by atoms with Gasteiger partial charge in [0.05, 0.1) is 13.2 Å². The summed E-state index contributed by atoms with van der Waals surface area (Å²) in [5, 5.41) is 2.10. The molecule has 30 heavy (non-hydrogen) atoms. The van der Waals surface area contributed by atoms with Crippen molar-refractivity contribution in [3.05, 3.63) is 51.7 Å². The van der Waals surface area contributed by atoms with Crippen LogP contribution in [0.25, 0.3) is 0 Å². The van der Waals surface area contributed by atoms with Crippen molar-refractivity contribution in [3.8, 4) is 5.75 Å². The van der Waals surface area contributed by atoms with Gasteiger partial charge in [0.1, 0.15) is 12.3 Å². The first-order valence-corrected chi connectivity index (χ1v) is 11.6. The lowest BCUT2D eigenvalue weighted by Crippen LogP contribution is -2.50.